The minimum Gasteiger partial charge on any atom is -0.496 e. The molecule has 0 unspecified atom stereocenters. The van der Waals surface area contributed by atoms with Crippen LogP contribution in [-0.4, -0.2) is 23.0 Å². The van der Waals surface area contributed by atoms with Gasteiger partial charge >= 0.3 is 0 Å². The molecule has 1 aromatic heterocycles. The number of hydrogen-bond acceptors (Lipinski definition) is 5. The Kier molecular flexibility index (Phi) is 8.74. The SMILES string of the molecule is COc1cc(C)c(-c2nc3ccccc3c(=O)n2N=Cc2cc(Cl)cc(Br)c2OCc2cccc3ccccc23)cc1C(C)C. The molecular weight excluding hydrogens is 650 g/mol. The zero-order valence-corrected chi connectivity index (χ0v) is 27.7. The first-order valence-electron chi connectivity index (χ1n) is 14.6. The molecule has 0 saturated heterocycles. The lowest BCUT2D eigenvalue weighted by Gasteiger charge is -2.17. The molecule has 0 aliphatic carbocycles. The van der Waals surface area contributed by atoms with E-state index in [0.717, 1.165) is 38.8 Å². The molecule has 45 heavy (non-hydrogen) atoms. The lowest BCUT2D eigenvalue weighted by atomic mass is 9.96. The van der Waals surface area contributed by atoms with Crippen LogP contribution in [0.1, 0.15) is 42.0 Å². The first kappa shape index (κ1) is 30.6. The molecule has 0 aliphatic rings. The molecule has 6 rings (SSSR count). The van der Waals surface area contributed by atoms with Gasteiger partial charge in [0, 0.05) is 16.1 Å². The van der Waals surface area contributed by atoms with E-state index in [-0.39, 0.29) is 11.5 Å². The molecule has 0 atom stereocenters. The second-order valence-electron chi connectivity index (χ2n) is 11.1. The van der Waals surface area contributed by atoms with Crippen molar-refractivity contribution < 1.29 is 9.47 Å². The third kappa shape index (κ3) is 6.10. The lowest BCUT2D eigenvalue weighted by molar-refractivity contribution is 0.305. The fourth-order valence-electron chi connectivity index (χ4n) is 5.49. The maximum Gasteiger partial charge on any atom is 0.282 e. The predicted molar refractivity (Wildman–Crippen MR) is 187 cm³/mol. The van der Waals surface area contributed by atoms with E-state index < -0.39 is 0 Å². The average molecular weight is 681 g/mol. The van der Waals surface area contributed by atoms with E-state index in [1.165, 1.54) is 4.68 Å². The fraction of sp³-hybridized carbons (Fsp3) is 0.162. The summed E-state index contributed by atoms with van der Waals surface area (Å²) in [7, 11) is 1.66. The molecule has 0 radical (unpaired) electrons. The van der Waals surface area contributed by atoms with Gasteiger partial charge in [-0.05, 0) is 92.6 Å². The molecule has 5 aromatic carbocycles. The number of benzene rings is 5. The first-order chi connectivity index (χ1) is 21.7. The van der Waals surface area contributed by atoms with Crippen molar-refractivity contribution in [3.05, 3.63) is 133 Å². The summed E-state index contributed by atoms with van der Waals surface area (Å²) >= 11 is 10.1. The second-order valence-corrected chi connectivity index (χ2v) is 12.4. The number of ether oxygens (including phenoxy) is 2. The van der Waals surface area contributed by atoms with Crippen LogP contribution in [0.2, 0.25) is 5.02 Å². The highest BCUT2D eigenvalue weighted by Gasteiger charge is 2.19. The third-order valence-electron chi connectivity index (χ3n) is 7.79. The molecule has 6 aromatic rings. The minimum absolute atomic E-state index is 0.189. The van der Waals surface area contributed by atoms with Crippen LogP contribution in [0.4, 0.5) is 0 Å². The van der Waals surface area contributed by atoms with Crippen molar-refractivity contribution in [3.63, 3.8) is 0 Å². The summed E-state index contributed by atoms with van der Waals surface area (Å²) in [6, 6.07) is 29.2. The Hall–Kier alpha value is -4.46. The normalized spacial score (nSPS) is 11.6. The third-order valence-corrected chi connectivity index (χ3v) is 8.60. The van der Waals surface area contributed by atoms with Crippen LogP contribution in [0.3, 0.4) is 0 Å². The summed E-state index contributed by atoms with van der Waals surface area (Å²) in [6.45, 7) is 6.51. The van der Waals surface area contributed by atoms with Crippen LogP contribution in [0.5, 0.6) is 11.5 Å². The van der Waals surface area contributed by atoms with Gasteiger partial charge in [0.25, 0.3) is 5.56 Å². The molecule has 6 nitrogen and oxygen atoms in total. The van der Waals surface area contributed by atoms with Crippen LogP contribution < -0.4 is 15.0 Å². The van der Waals surface area contributed by atoms with Crippen molar-refractivity contribution >= 4 is 55.4 Å². The maximum absolute atomic E-state index is 14.0. The number of hydrogen-bond donors (Lipinski definition) is 0. The number of para-hydroxylation sites is 1. The molecule has 0 aliphatic heterocycles. The van der Waals surface area contributed by atoms with Crippen molar-refractivity contribution in [2.75, 3.05) is 7.11 Å². The maximum atomic E-state index is 14.0. The fourth-order valence-corrected chi connectivity index (χ4v) is 6.44. The minimum atomic E-state index is -0.285. The second kappa shape index (κ2) is 12.9. The topological polar surface area (TPSA) is 65.7 Å². The van der Waals surface area contributed by atoms with Crippen LogP contribution in [-0.2, 0) is 6.61 Å². The van der Waals surface area contributed by atoms with E-state index in [1.54, 1.807) is 31.5 Å². The Labute approximate surface area is 275 Å². The molecule has 0 amide bonds. The molecule has 0 saturated carbocycles. The van der Waals surface area contributed by atoms with Gasteiger partial charge in [-0.15, -0.1) is 0 Å². The Morgan fingerprint density at radius 1 is 0.978 bits per heavy atom. The molecule has 8 heteroatoms. The Morgan fingerprint density at radius 3 is 2.49 bits per heavy atom. The molecule has 1 heterocycles. The monoisotopic (exact) mass is 679 g/mol. The van der Waals surface area contributed by atoms with Crippen LogP contribution in [0.25, 0.3) is 33.1 Å². The van der Waals surface area contributed by atoms with Gasteiger partial charge in [0.1, 0.15) is 18.1 Å². The van der Waals surface area contributed by atoms with Crippen molar-refractivity contribution in [1.29, 1.82) is 0 Å². The lowest BCUT2D eigenvalue weighted by Crippen LogP contribution is -2.21. The highest BCUT2D eigenvalue weighted by atomic mass is 79.9. The number of rotatable bonds is 8. The predicted octanol–water partition coefficient (Wildman–Crippen LogP) is 9.53. The molecule has 226 valence electrons. The van der Waals surface area contributed by atoms with E-state index in [2.05, 4.69) is 54.0 Å². The summed E-state index contributed by atoms with van der Waals surface area (Å²) in [5, 5.41) is 7.96. The van der Waals surface area contributed by atoms with Gasteiger partial charge in [-0.25, -0.2) is 4.98 Å². The molecular formula is C37H31BrClN3O3. The van der Waals surface area contributed by atoms with Crippen molar-refractivity contribution in [3.8, 4) is 22.9 Å². The molecule has 0 fully saturated rings. The molecule has 0 spiro atoms. The van der Waals surface area contributed by atoms with E-state index >= 15 is 0 Å². The van der Waals surface area contributed by atoms with Crippen molar-refractivity contribution in [2.45, 2.75) is 33.3 Å². The van der Waals surface area contributed by atoms with E-state index in [4.69, 9.17) is 31.2 Å². The van der Waals surface area contributed by atoms with Gasteiger partial charge in [-0.3, -0.25) is 4.79 Å². The summed E-state index contributed by atoms with van der Waals surface area (Å²) in [5.74, 6) is 1.97. The van der Waals surface area contributed by atoms with Gasteiger partial charge in [-0.2, -0.15) is 9.78 Å². The van der Waals surface area contributed by atoms with Crippen molar-refractivity contribution in [1.82, 2.24) is 9.66 Å². The van der Waals surface area contributed by atoms with E-state index in [0.29, 0.717) is 44.1 Å². The number of aromatic nitrogens is 2. The summed E-state index contributed by atoms with van der Waals surface area (Å²) < 4.78 is 14.1. The van der Waals surface area contributed by atoms with Crippen molar-refractivity contribution in [2.24, 2.45) is 5.10 Å². The Balaban J connectivity index is 1.48. The smallest absolute Gasteiger partial charge is 0.282 e. The number of fused-ring (bicyclic) bond motifs is 2. The van der Waals surface area contributed by atoms with Gasteiger partial charge in [-0.1, -0.05) is 80.0 Å². The van der Waals surface area contributed by atoms with Crippen LogP contribution >= 0.6 is 27.5 Å². The Morgan fingerprint density at radius 2 is 1.71 bits per heavy atom. The highest BCUT2D eigenvalue weighted by molar-refractivity contribution is 9.10. The van der Waals surface area contributed by atoms with E-state index in [9.17, 15) is 4.79 Å². The number of methoxy groups -OCH3 is 1. The zero-order valence-electron chi connectivity index (χ0n) is 25.3. The highest BCUT2D eigenvalue weighted by Crippen LogP contribution is 2.35. The Bertz CT molecular complexity index is 2150. The van der Waals surface area contributed by atoms with E-state index in [1.807, 2.05) is 55.5 Å². The summed E-state index contributed by atoms with van der Waals surface area (Å²) in [4.78, 5) is 18.9. The quantitative estimate of drug-likeness (QED) is 0.150. The van der Waals surface area contributed by atoms with Gasteiger partial charge in [0.05, 0.1) is 28.7 Å². The van der Waals surface area contributed by atoms with Crippen LogP contribution in [0.15, 0.2) is 105 Å². The number of aryl methyl sites for hydroxylation is 1. The zero-order chi connectivity index (χ0) is 31.7. The van der Waals surface area contributed by atoms with Gasteiger partial charge in [0.2, 0.25) is 0 Å². The van der Waals surface area contributed by atoms with Crippen LogP contribution in [0, 0.1) is 6.92 Å². The number of halogens is 2. The molecule has 0 bridgehead atoms. The first-order valence-corrected chi connectivity index (χ1v) is 15.8. The van der Waals surface area contributed by atoms with Gasteiger partial charge < -0.3 is 9.47 Å². The summed E-state index contributed by atoms with van der Waals surface area (Å²) in [5.41, 5.74) is 4.67. The average Bonchev–Trinajstić information content (AvgIpc) is 3.03. The molecule has 0 N–H and O–H groups in total. The van der Waals surface area contributed by atoms with Gasteiger partial charge in [0.15, 0.2) is 5.82 Å². The summed E-state index contributed by atoms with van der Waals surface area (Å²) in [6.07, 6.45) is 1.60. The standard InChI is InChI=1S/C37H31BrClN3O3/c1-22(2)30-19-31(23(3)16-34(30)44-4)36-41-33-15-8-7-14-29(33)37(43)42(36)40-20-26-17-27(39)18-32(38)35(26)45-21-25-12-9-11-24-10-5-6-13-28(24)25/h5-20,22H,21H2,1-4H3. The largest absolute Gasteiger partial charge is 0.496 e. The number of nitrogens with zero attached hydrogens (tertiary/aromatic N) is 3.